The number of hydrogen-bond acceptors (Lipinski definition) is 4. The van der Waals surface area contributed by atoms with Crippen LogP contribution in [0.4, 0.5) is 0 Å². The lowest BCUT2D eigenvalue weighted by molar-refractivity contribution is -0.138. The van der Waals surface area contributed by atoms with Crippen LogP contribution < -0.4 is 0 Å². The van der Waals surface area contributed by atoms with Crippen molar-refractivity contribution in [2.45, 2.75) is 19.8 Å². The molecule has 0 unspecified atom stereocenters. The van der Waals surface area contributed by atoms with E-state index in [1.807, 2.05) is 0 Å². The van der Waals surface area contributed by atoms with Crippen LogP contribution in [0.1, 0.15) is 25.5 Å². The quantitative estimate of drug-likeness (QED) is 0.420. The molecule has 16 heavy (non-hydrogen) atoms. The van der Waals surface area contributed by atoms with E-state index < -0.39 is 5.97 Å². The van der Waals surface area contributed by atoms with Gasteiger partial charge in [0.05, 0.1) is 12.9 Å². The molecule has 1 aromatic heterocycles. The Labute approximate surface area is 93.9 Å². The molecule has 0 aromatic carbocycles. The van der Waals surface area contributed by atoms with Gasteiger partial charge in [-0.2, -0.15) is 0 Å². The maximum absolute atomic E-state index is 11.5. The average molecular weight is 222 g/mol. The Bertz CT molecular complexity index is 362. The molecule has 1 rings (SSSR count). The van der Waals surface area contributed by atoms with Crippen LogP contribution in [0.15, 0.2) is 28.4 Å². The van der Waals surface area contributed by atoms with Crippen molar-refractivity contribution in [3.63, 3.8) is 0 Å². The van der Waals surface area contributed by atoms with E-state index in [0.29, 0.717) is 30.8 Å². The number of rotatable bonds is 6. The summed E-state index contributed by atoms with van der Waals surface area (Å²) in [7, 11) is 0. The fourth-order valence-corrected chi connectivity index (χ4v) is 1.22. The van der Waals surface area contributed by atoms with Gasteiger partial charge in [0.25, 0.3) is 0 Å². The highest BCUT2D eigenvalue weighted by molar-refractivity contribution is 5.93. The second-order valence-electron chi connectivity index (χ2n) is 3.11. The third-order valence-corrected chi connectivity index (χ3v) is 1.93. The van der Waals surface area contributed by atoms with Crippen LogP contribution in [-0.2, 0) is 14.3 Å². The first kappa shape index (κ1) is 12.2. The third kappa shape index (κ3) is 3.73. The van der Waals surface area contributed by atoms with Crippen molar-refractivity contribution >= 4 is 18.3 Å². The SMILES string of the molecule is CCOC(=O)C(=Cc1ccco1)CCC=O. The lowest BCUT2D eigenvalue weighted by atomic mass is 10.1. The Morgan fingerprint density at radius 3 is 2.94 bits per heavy atom. The molecule has 0 fully saturated rings. The number of esters is 1. The Morgan fingerprint density at radius 1 is 1.56 bits per heavy atom. The van der Waals surface area contributed by atoms with Gasteiger partial charge in [0.2, 0.25) is 0 Å². The van der Waals surface area contributed by atoms with E-state index in [1.54, 1.807) is 25.1 Å². The van der Waals surface area contributed by atoms with Crippen molar-refractivity contribution in [2.24, 2.45) is 0 Å². The standard InChI is InChI=1S/C12H14O4/c1-2-15-12(14)10(5-3-7-13)9-11-6-4-8-16-11/h4,6-9H,2-3,5H2,1H3. The van der Waals surface area contributed by atoms with Crippen molar-refractivity contribution < 1.29 is 18.7 Å². The van der Waals surface area contributed by atoms with E-state index in [9.17, 15) is 9.59 Å². The fourth-order valence-electron chi connectivity index (χ4n) is 1.22. The molecule has 0 N–H and O–H groups in total. The second-order valence-corrected chi connectivity index (χ2v) is 3.11. The van der Waals surface area contributed by atoms with Crippen LogP contribution in [0.25, 0.3) is 6.08 Å². The normalized spacial score (nSPS) is 11.2. The van der Waals surface area contributed by atoms with Crippen LogP contribution in [0, 0.1) is 0 Å². The van der Waals surface area contributed by atoms with Crippen molar-refractivity contribution in [1.82, 2.24) is 0 Å². The molecule has 4 nitrogen and oxygen atoms in total. The highest BCUT2D eigenvalue weighted by atomic mass is 16.5. The summed E-state index contributed by atoms with van der Waals surface area (Å²) in [5.74, 6) is 0.176. The topological polar surface area (TPSA) is 56.5 Å². The molecule has 0 saturated carbocycles. The van der Waals surface area contributed by atoms with E-state index in [4.69, 9.17) is 9.15 Å². The van der Waals surface area contributed by atoms with Gasteiger partial charge in [-0.25, -0.2) is 4.79 Å². The largest absolute Gasteiger partial charge is 0.465 e. The maximum atomic E-state index is 11.5. The monoisotopic (exact) mass is 222 g/mol. The lowest BCUT2D eigenvalue weighted by Crippen LogP contribution is -2.07. The van der Waals surface area contributed by atoms with Crippen molar-refractivity contribution in [3.8, 4) is 0 Å². The van der Waals surface area contributed by atoms with E-state index in [1.165, 1.54) is 6.26 Å². The smallest absolute Gasteiger partial charge is 0.334 e. The molecule has 0 amide bonds. The summed E-state index contributed by atoms with van der Waals surface area (Å²) in [6.07, 6.45) is 4.55. The Balaban J connectivity index is 2.77. The number of aldehydes is 1. The van der Waals surface area contributed by atoms with Gasteiger partial charge in [0.15, 0.2) is 0 Å². The zero-order chi connectivity index (χ0) is 11.8. The Morgan fingerprint density at radius 2 is 2.38 bits per heavy atom. The van der Waals surface area contributed by atoms with Crippen LogP contribution in [0.2, 0.25) is 0 Å². The fraction of sp³-hybridized carbons (Fsp3) is 0.333. The molecule has 4 heteroatoms. The van der Waals surface area contributed by atoms with E-state index >= 15 is 0 Å². The van der Waals surface area contributed by atoms with Gasteiger partial charge in [-0.1, -0.05) is 0 Å². The minimum Gasteiger partial charge on any atom is -0.465 e. The van der Waals surface area contributed by atoms with Crippen LogP contribution in [0.3, 0.4) is 0 Å². The van der Waals surface area contributed by atoms with Crippen LogP contribution in [0.5, 0.6) is 0 Å². The van der Waals surface area contributed by atoms with Gasteiger partial charge in [0.1, 0.15) is 12.0 Å². The van der Waals surface area contributed by atoms with Crippen molar-refractivity contribution in [2.75, 3.05) is 6.61 Å². The number of carbonyl (C=O) groups excluding carboxylic acids is 2. The average Bonchev–Trinajstić information content (AvgIpc) is 2.77. The first-order valence-electron chi connectivity index (χ1n) is 5.12. The molecule has 0 saturated heterocycles. The number of furan rings is 1. The molecule has 0 spiro atoms. The summed E-state index contributed by atoms with van der Waals surface area (Å²) in [6.45, 7) is 2.05. The van der Waals surface area contributed by atoms with Crippen molar-refractivity contribution in [3.05, 3.63) is 29.7 Å². The third-order valence-electron chi connectivity index (χ3n) is 1.93. The lowest BCUT2D eigenvalue weighted by Gasteiger charge is -2.04. The summed E-state index contributed by atoms with van der Waals surface area (Å²) >= 11 is 0. The Hall–Kier alpha value is -1.84. The predicted molar refractivity (Wildman–Crippen MR) is 58.6 cm³/mol. The van der Waals surface area contributed by atoms with Gasteiger partial charge >= 0.3 is 5.97 Å². The number of ether oxygens (including phenoxy) is 1. The summed E-state index contributed by atoms with van der Waals surface area (Å²) in [6, 6.07) is 3.47. The highest BCUT2D eigenvalue weighted by Crippen LogP contribution is 2.13. The van der Waals surface area contributed by atoms with Gasteiger partial charge in [-0.05, 0) is 31.6 Å². The van der Waals surface area contributed by atoms with E-state index in [0.717, 1.165) is 6.29 Å². The first-order chi connectivity index (χ1) is 7.77. The Kier molecular flexibility index (Phi) is 5.05. The molecule has 1 aromatic rings. The zero-order valence-corrected chi connectivity index (χ0v) is 9.14. The molecule has 0 atom stereocenters. The summed E-state index contributed by atoms with van der Waals surface area (Å²) in [5.41, 5.74) is 0.448. The minimum absolute atomic E-state index is 0.297. The second kappa shape index (κ2) is 6.61. The highest BCUT2D eigenvalue weighted by Gasteiger charge is 2.10. The summed E-state index contributed by atoms with van der Waals surface area (Å²) < 4.78 is 9.98. The van der Waals surface area contributed by atoms with E-state index in [-0.39, 0.29) is 0 Å². The molecular formula is C12H14O4. The predicted octanol–water partition coefficient (Wildman–Crippen LogP) is 2.21. The number of hydrogen-bond donors (Lipinski definition) is 0. The summed E-state index contributed by atoms with van der Waals surface area (Å²) in [5, 5.41) is 0. The molecular weight excluding hydrogens is 208 g/mol. The number of carbonyl (C=O) groups is 2. The molecule has 1 heterocycles. The van der Waals surface area contributed by atoms with Crippen molar-refractivity contribution in [1.29, 1.82) is 0 Å². The first-order valence-corrected chi connectivity index (χ1v) is 5.12. The molecule has 0 bridgehead atoms. The summed E-state index contributed by atoms with van der Waals surface area (Å²) in [4.78, 5) is 21.8. The van der Waals surface area contributed by atoms with Crippen LogP contribution >= 0.6 is 0 Å². The van der Waals surface area contributed by atoms with Crippen LogP contribution in [-0.4, -0.2) is 18.9 Å². The molecule has 0 aliphatic rings. The molecule has 86 valence electrons. The maximum Gasteiger partial charge on any atom is 0.334 e. The van der Waals surface area contributed by atoms with Gasteiger partial charge < -0.3 is 13.9 Å². The van der Waals surface area contributed by atoms with Gasteiger partial charge in [-0.15, -0.1) is 0 Å². The van der Waals surface area contributed by atoms with Gasteiger partial charge in [-0.3, -0.25) is 0 Å². The zero-order valence-electron chi connectivity index (χ0n) is 9.14. The van der Waals surface area contributed by atoms with Gasteiger partial charge in [0, 0.05) is 12.0 Å². The molecule has 0 radical (unpaired) electrons. The molecule has 0 aliphatic carbocycles. The molecule has 0 aliphatic heterocycles. The van der Waals surface area contributed by atoms with E-state index in [2.05, 4.69) is 0 Å². The minimum atomic E-state index is -0.402.